The molecular weight excluding hydrogens is 330 g/mol. The molecule has 154 valence electrons. The fourth-order valence-corrected chi connectivity index (χ4v) is 3.44. The number of hydrogen-bond donors (Lipinski definition) is 0. The van der Waals surface area contributed by atoms with Gasteiger partial charge in [-0.15, -0.1) is 0 Å². The van der Waals surface area contributed by atoms with Crippen LogP contribution in [-0.2, 0) is 21.0 Å². The molecule has 1 aromatic carbocycles. The lowest BCUT2D eigenvalue weighted by molar-refractivity contribution is -0.118. The van der Waals surface area contributed by atoms with Gasteiger partial charge in [0.25, 0.3) is 0 Å². The van der Waals surface area contributed by atoms with Crippen molar-refractivity contribution in [1.29, 1.82) is 0 Å². The molecule has 0 N–H and O–H groups in total. The molecule has 0 aliphatic carbocycles. The van der Waals surface area contributed by atoms with Crippen LogP contribution in [0.2, 0.25) is 0 Å². The number of benzene rings is 1. The summed E-state index contributed by atoms with van der Waals surface area (Å²) in [6.07, 6.45) is 2.45. The van der Waals surface area contributed by atoms with Gasteiger partial charge >= 0.3 is 0 Å². The molecule has 0 saturated carbocycles. The van der Waals surface area contributed by atoms with Crippen molar-refractivity contribution in [2.45, 2.75) is 112 Å². The average Bonchev–Trinajstić information content (AvgIpc) is 2.49. The van der Waals surface area contributed by atoms with Crippen molar-refractivity contribution in [3.8, 4) is 0 Å². The standard InChI is InChI=1S/C25H43NO/c1-12-14-21(27)26(15-13-2)22-19(24(6,7)8)16-18(23(3,4)5)17-20(22)25(9,10)11/h16-17H,12-15H2,1-11H3. The zero-order valence-corrected chi connectivity index (χ0v) is 19.8. The molecule has 27 heavy (non-hydrogen) atoms. The largest absolute Gasteiger partial charge is 0.312 e. The molecule has 0 unspecified atom stereocenters. The molecule has 1 amide bonds. The second-order valence-electron chi connectivity index (χ2n) is 11.0. The van der Waals surface area contributed by atoms with E-state index in [0.29, 0.717) is 6.42 Å². The molecular formula is C25H43NO. The first-order valence-electron chi connectivity index (χ1n) is 10.6. The third-order valence-electron chi connectivity index (χ3n) is 5.07. The van der Waals surface area contributed by atoms with E-state index in [2.05, 4.69) is 93.2 Å². The van der Waals surface area contributed by atoms with E-state index in [1.807, 2.05) is 0 Å². The van der Waals surface area contributed by atoms with Crippen molar-refractivity contribution in [3.63, 3.8) is 0 Å². The second-order valence-corrected chi connectivity index (χ2v) is 11.0. The number of nitrogens with zero attached hydrogens (tertiary/aromatic N) is 1. The Morgan fingerprint density at radius 3 is 1.52 bits per heavy atom. The lowest BCUT2D eigenvalue weighted by Gasteiger charge is -2.38. The van der Waals surface area contributed by atoms with Crippen LogP contribution in [0.4, 0.5) is 5.69 Å². The fourth-order valence-electron chi connectivity index (χ4n) is 3.44. The van der Waals surface area contributed by atoms with Crippen LogP contribution in [0.1, 0.15) is 112 Å². The van der Waals surface area contributed by atoms with Crippen LogP contribution >= 0.6 is 0 Å². The third kappa shape index (κ3) is 5.83. The summed E-state index contributed by atoms with van der Waals surface area (Å²) >= 11 is 0. The van der Waals surface area contributed by atoms with Gasteiger partial charge < -0.3 is 4.90 Å². The zero-order chi connectivity index (χ0) is 21.2. The minimum atomic E-state index is -0.0327. The lowest BCUT2D eigenvalue weighted by Crippen LogP contribution is -2.36. The molecule has 0 bridgehead atoms. The van der Waals surface area contributed by atoms with Gasteiger partial charge in [-0.25, -0.2) is 0 Å². The highest BCUT2D eigenvalue weighted by Gasteiger charge is 2.32. The Morgan fingerprint density at radius 1 is 0.778 bits per heavy atom. The molecule has 0 aromatic heterocycles. The number of anilines is 1. The molecule has 1 aromatic rings. The highest BCUT2D eigenvalue weighted by Crippen LogP contribution is 2.43. The molecule has 0 fully saturated rings. The monoisotopic (exact) mass is 373 g/mol. The Kier molecular flexibility index (Phi) is 7.36. The van der Waals surface area contributed by atoms with Crippen molar-refractivity contribution in [2.24, 2.45) is 0 Å². The minimum absolute atomic E-state index is 0.0327. The third-order valence-corrected chi connectivity index (χ3v) is 5.07. The van der Waals surface area contributed by atoms with Gasteiger partial charge in [0.15, 0.2) is 0 Å². The Hall–Kier alpha value is -1.31. The first kappa shape index (κ1) is 23.7. The van der Waals surface area contributed by atoms with Crippen LogP contribution in [0.15, 0.2) is 12.1 Å². The molecule has 0 aliphatic rings. The summed E-state index contributed by atoms with van der Waals surface area (Å²) in [4.78, 5) is 15.2. The summed E-state index contributed by atoms with van der Waals surface area (Å²) in [5.41, 5.74) is 5.09. The average molecular weight is 374 g/mol. The van der Waals surface area contributed by atoms with Gasteiger partial charge in [-0.1, -0.05) is 88.3 Å². The van der Waals surface area contributed by atoms with Crippen LogP contribution < -0.4 is 4.90 Å². The van der Waals surface area contributed by atoms with Gasteiger partial charge in [-0.05, 0) is 45.8 Å². The summed E-state index contributed by atoms with van der Waals surface area (Å²) in [5, 5.41) is 0. The number of hydrogen-bond acceptors (Lipinski definition) is 1. The molecule has 0 atom stereocenters. The maximum absolute atomic E-state index is 13.1. The smallest absolute Gasteiger partial charge is 0.226 e. The topological polar surface area (TPSA) is 20.3 Å². The molecule has 2 heteroatoms. The Morgan fingerprint density at radius 2 is 1.22 bits per heavy atom. The van der Waals surface area contributed by atoms with Gasteiger partial charge in [0.05, 0.1) is 5.69 Å². The summed E-state index contributed by atoms with van der Waals surface area (Å²) in [6, 6.07) is 4.71. The quantitative estimate of drug-likeness (QED) is 0.538. The first-order valence-corrected chi connectivity index (χ1v) is 10.6. The normalized spacial score (nSPS) is 13.0. The van der Waals surface area contributed by atoms with Crippen LogP contribution in [0.25, 0.3) is 0 Å². The van der Waals surface area contributed by atoms with Crippen molar-refractivity contribution in [3.05, 3.63) is 28.8 Å². The van der Waals surface area contributed by atoms with E-state index in [-0.39, 0.29) is 22.2 Å². The molecule has 2 nitrogen and oxygen atoms in total. The van der Waals surface area contributed by atoms with Gasteiger partial charge in [0.2, 0.25) is 5.91 Å². The predicted octanol–water partition coefficient (Wildman–Crippen LogP) is 7.12. The first-order chi connectivity index (χ1) is 12.1. The minimum Gasteiger partial charge on any atom is -0.312 e. The molecule has 0 radical (unpaired) electrons. The number of amides is 1. The molecule has 0 saturated heterocycles. The second kappa shape index (κ2) is 8.37. The van der Waals surface area contributed by atoms with E-state index in [1.165, 1.54) is 16.7 Å². The van der Waals surface area contributed by atoms with E-state index in [1.54, 1.807) is 0 Å². The van der Waals surface area contributed by atoms with Crippen molar-refractivity contribution in [2.75, 3.05) is 11.4 Å². The molecule has 1 rings (SSSR count). The van der Waals surface area contributed by atoms with Crippen molar-refractivity contribution >= 4 is 11.6 Å². The Balaban J connectivity index is 3.95. The summed E-state index contributed by atoms with van der Waals surface area (Å²) in [6.45, 7) is 25.4. The van der Waals surface area contributed by atoms with Crippen LogP contribution in [0.5, 0.6) is 0 Å². The van der Waals surface area contributed by atoms with Gasteiger partial charge in [-0.2, -0.15) is 0 Å². The Labute approximate surface area is 168 Å². The molecule has 0 spiro atoms. The SMILES string of the molecule is CCCC(=O)N(CCC)c1c(C(C)(C)C)cc(C(C)(C)C)cc1C(C)(C)C. The van der Waals surface area contributed by atoms with Gasteiger partial charge in [0, 0.05) is 13.0 Å². The summed E-state index contributed by atoms with van der Waals surface area (Å²) in [5.74, 6) is 0.249. The lowest BCUT2D eigenvalue weighted by atomic mass is 9.73. The number of rotatable bonds is 5. The zero-order valence-electron chi connectivity index (χ0n) is 19.8. The van der Waals surface area contributed by atoms with Crippen LogP contribution in [0.3, 0.4) is 0 Å². The van der Waals surface area contributed by atoms with Crippen LogP contribution in [0, 0.1) is 0 Å². The predicted molar refractivity (Wildman–Crippen MR) is 120 cm³/mol. The van der Waals surface area contributed by atoms with Crippen molar-refractivity contribution < 1.29 is 4.79 Å². The van der Waals surface area contributed by atoms with Crippen molar-refractivity contribution in [1.82, 2.24) is 0 Å². The molecule has 0 heterocycles. The summed E-state index contributed by atoms with van der Waals surface area (Å²) < 4.78 is 0. The van der Waals surface area contributed by atoms with E-state index >= 15 is 0 Å². The van der Waals surface area contributed by atoms with Gasteiger partial charge in [-0.3, -0.25) is 4.79 Å². The van der Waals surface area contributed by atoms with E-state index in [4.69, 9.17) is 0 Å². The maximum Gasteiger partial charge on any atom is 0.226 e. The maximum atomic E-state index is 13.1. The van der Waals surface area contributed by atoms with E-state index in [0.717, 1.165) is 25.1 Å². The van der Waals surface area contributed by atoms with Crippen LogP contribution in [-0.4, -0.2) is 12.5 Å². The number of carbonyl (C=O) groups excluding carboxylic acids is 1. The summed E-state index contributed by atoms with van der Waals surface area (Å²) in [7, 11) is 0. The highest BCUT2D eigenvalue weighted by molar-refractivity contribution is 5.95. The fraction of sp³-hybridized carbons (Fsp3) is 0.720. The number of carbonyl (C=O) groups is 1. The molecule has 0 aliphatic heterocycles. The van der Waals surface area contributed by atoms with Gasteiger partial charge in [0.1, 0.15) is 0 Å². The van der Waals surface area contributed by atoms with E-state index in [9.17, 15) is 4.79 Å². The Bertz CT molecular complexity index is 615. The highest BCUT2D eigenvalue weighted by atomic mass is 16.2. The van der Waals surface area contributed by atoms with E-state index < -0.39 is 0 Å².